The predicted octanol–water partition coefficient (Wildman–Crippen LogP) is 4.10. The molecule has 24 heavy (non-hydrogen) atoms. The summed E-state index contributed by atoms with van der Waals surface area (Å²) >= 11 is 0. The molecule has 1 fully saturated rings. The molecule has 0 aromatic heterocycles. The molecule has 3 heteroatoms. The first-order valence-electron chi connectivity index (χ1n) is 8.89. The highest BCUT2D eigenvalue weighted by molar-refractivity contribution is 5.42. The summed E-state index contributed by atoms with van der Waals surface area (Å²) < 4.78 is 0. The maximum absolute atomic E-state index is 9.80. The summed E-state index contributed by atoms with van der Waals surface area (Å²) in [6, 6.07) is 18.2. The molecule has 2 unspecified atom stereocenters. The van der Waals surface area contributed by atoms with Gasteiger partial charge in [0.15, 0.2) is 0 Å². The lowest BCUT2D eigenvalue weighted by atomic mass is 9.68. The minimum atomic E-state index is 0.141. The summed E-state index contributed by atoms with van der Waals surface area (Å²) in [7, 11) is 0. The van der Waals surface area contributed by atoms with Gasteiger partial charge in [-0.3, -0.25) is 0 Å². The van der Waals surface area contributed by atoms with E-state index in [4.69, 9.17) is 0 Å². The largest absolute Gasteiger partial charge is 0.508 e. The Morgan fingerprint density at radius 3 is 2.67 bits per heavy atom. The second-order valence-corrected chi connectivity index (χ2v) is 7.21. The molecule has 3 rings (SSSR count). The molecular weight excluding hydrogens is 296 g/mol. The number of phenols is 1. The van der Waals surface area contributed by atoms with Crippen molar-refractivity contribution in [2.45, 2.75) is 25.7 Å². The molecule has 1 heterocycles. The number of hydrogen-bond acceptors (Lipinski definition) is 3. The minimum Gasteiger partial charge on any atom is -0.508 e. The van der Waals surface area contributed by atoms with E-state index in [9.17, 15) is 5.11 Å². The zero-order valence-electron chi connectivity index (χ0n) is 14.7. The monoisotopic (exact) mass is 324 g/mol. The van der Waals surface area contributed by atoms with E-state index in [-0.39, 0.29) is 5.41 Å². The number of benzene rings is 2. The van der Waals surface area contributed by atoms with Crippen molar-refractivity contribution in [3.63, 3.8) is 0 Å². The third kappa shape index (κ3) is 3.73. The number of likely N-dealkylation sites (tertiary alicyclic amines) is 1. The molecule has 2 N–H and O–H groups in total. The molecule has 0 amide bonds. The number of piperidine rings is 1. The molecule has 3 nitrogen and oxygen atoms in total. The number of para-hydroxylation sites is 1. The Bertz CT molecular complexity index is 658. The van der Waals surface area contributed by atoms with Crippen molar-refractivity contribution in [3.05, 3.63) is 60.2 Å². The fraction of sp³-hybridized carbons (Fsp3) is 0.429. The van der Waals surface area contributed by atoms with Crippen molar-refractivity contribution in [2.75, 3.05) is 31.5 Å². The molecule has 0 bridgehead atoms. The van der Waals surface area contributed by atoms with Gasteiger partial charge in [-0.05, 0) is 54.1 Å². The fourth-order valence-electron chi connectivity index (χ4n) is 3.72. The van der Waals surface area contributed by atoms with Crippen LogP contribution in [0.1, 0.15) is 25.8 Å². The molecule has 2 atom stereocenters. The van der Waals surface area contributed by atoms with Crippen LogP contribution in [-0.2, 0) is 5.41 Å². The van der Waals surface area contributed by atoms with E-state index in [2.05, 4.69) is 54.4 Å². The smallest absolute Gasteiger partial charge is 0.115 e. The van der Waals surface area contributed by atoms with Gasteiger partial charge in [0.05, 0.1) is 0 Å². The maximum Gasteiger partial charge on any atom is 0.115 e. The standard InChI is InChI=1S/C21H28N2O/c1-17-16-23(14-12-22-19-8-4-3-5-9-19)13-11-21(17,2)18-7-6-10-20(24)15-18/h3-10,15,17,22,24H,11-14,16H2,1-2H3. The first-order chi connectivity index (χ1) is 11.6. The third-order valence-electron chi connectivity index (χ3n) is 5.60. The Labute approximate surface area is 145 Å². The molecule has 2 aromatic carbocycles. The van der Waals surface area contributed by atoms with Crippen molar-refractivity contribution in [2.24, 2.45) is 5.92 Å². The van der Waals surface area contributed by atoms with Gasteiger partial charge < -0.3 is 15.3 Å². The van der Waals surface area contributed by atoms with Gasteiger partial charge in [-0.2, -0.15) is 0 Å². The molecule has 1 saturated heterocycles. The average Bonchev–Trinajstić information content (AvgIpc) is 2.59. The van der Waals surface area contributed by atoms with E-state index in [0.29, 0.717) is 11.7 Å². The van der Waals surface area contributed by atoms with Gasteiger partial charge in [0, 0.05) is 25.3 Å². The summed E-state index contributed by atoms with van der Waals surface area (Å²) in [6.07, 6.45) is 1.13. The van der Waals surface area contributed by atoms with E-state index in [1.165, 1.54) is 11.3 Å². The lowest BCUT2D eigenvalue weighted by molar-refractivity contribution is 0.115. The van der Waals surface area contributed by atoms with Crippen molar-refractivity contribution in [1.82, 2.24) is 4.90 Å². The highest BCUT2D eigenvalue weighted by Crippen LogP contribution is 2.40. The van der Waals surface area contributed by atoms with Crippen LogP contribution in [0.3, 0.4) is 0 Å². The van der Waals surface area contributed by atoms with Crippen molar-refractivity contribution in [1.29, 1.82) is 0 Å². The van der Waals surface area contributed by atoms with E-state index in [1.807, 2.05) is 18.2 Å². The molecule has 0 aliphatic carbocycles. The van der Waals surface area contributed by atoms with Crippen molar-refractivity contribution >= 4 is 5.69 Å². The van der Waals surface area contributed by atoms with Gasteiger partial charge in [-0.15, -0.1) is 0 Å². The molecule has 0 saturated carbocycles. The lowest BCUT2D eigenvalue weighted by Gasteiger charge is -2.45. The van der Waals surface area contributed by atoms with Crippen LogP contribution in [0, 0.1) is 5.92 Å². The Hall–Kier alpha value is -2.00. The summed E-state index contributed by atoms with van der Waals surface area (Å²) in [5, 5.41) is 13.3. The number of aromatic hydroxyl groups is 1. The number of rotatable bonds is 5. The molecule has 1 aliphatic rings. The Morgan fingerprint density at radius 1 is 1.17 bits per heavy atom. The Morgan fingerprint density at radius 2 is 1.96 bits per heavy atom. The first kappa shape index (κ1) is 16.8. The molecule has 1 aliphatic heterocycles. The summed E-state index contributed by atoms with van der Waals surface area (Å²) in [5.74, 6) is 0.931. The lowest BCUT2D eigenvalue weighted by Crippen LogP contribution is -2.48. The van der Waals surface area contributed by atoms with Crippen LogP contribution in [0.25, 0.3) is 0 Å². The summed E-state index contributed by atoms with van der Waals surface area (Å²) in [4.78, 5) is 2.55. The Kier molecular flexibility index (Phi) is 5.10. The second kappa shape index (κ2) is 7.27. The normalized spacial score (nSPS) is 24.7. The van der Waals surface area contributed by atoms with Crippen LogP contribution in [0.4, 0.5) is 5.69 Å². The van der Waals surface area contributed by atoms with Gasteiger partial charge in [0.2, 0.25) is 0 Å². The van der Waals surface area contributed by atoms with E-state index >= 15 is 0 Å². The van der Waals surface area contributed by atoms with Crippen molar-refractivity contribution in [3.8, 4) is 5.75 Å². The average molecular weight is 324 g/mol. The van der Waals surface area contributed by atoms with E-state index in [1.54, 1.807) is 6.07 Å². The molecule has 2 aromatic rings. The SMILES string of the molecule is CC1CN(CCNc2ccccc2)CCC1(C)c1cccc(O)c1. The van der Waals surface area contributed by atoms with Crippen LogP contribution in [0.15, 0.2) is 54.6 Å². The van der Waals surface area contributed by atoms with Gasteiger partial charge in [0.1, 0.15) is 5.75 Å². The van der Waals surface area contributed by atoms with Gasteiger partial charge in [0.25, 0.3) is 0 Å². The maximum atomic E-state index is 9.80. The van der Waals surface area contributed by atoms with Crippen LogP contribution in [-0.4, -0.2) is 36.2 Å². The number of phenolic OH excluding ortho intramolecular Hbond substituents is 1. The van der Waals surface area contributed by atoms with Crippen LogP contribution in [0.5, 0.6) is 5.75 Å². The van der Waals surface area contributed by atoms with Crippen LogP contribution >= 0.6 is 0 Å². The second-order valence-electron chi connectivity index (χ2n) is 7.21. The van der Waals surface area contributed by atoms with Gasteiger partial charge >= 0.3 is 0 Å². The van der Waals surface area contributed by atoms with Gasteiger partial charge in [-0.1, -0.05) is 44.2 Å². The van der Waals surface area contributed by atoms with Crippen LogP contribution < -0.4 is 5.32 Å². The van der Waals surface area contributed by atoms with Crippen molar-refractivity contribution < 1.29 is 5.11 Å². The number of hydrogen-bond donors (Lipinski definition) is 2. The molecule has 0 spiro atoms. The number of nitrogens with zero attached hydrogens (tertiary/aromatic N) is 1. The minimum absolute atomic E-state index is 0.141. The Balaban J connectivity index is 1.55. The highest BCUT2D eigenvalue weighted by Gasteiger charge is 2.37. The fourth-order valence-corrected chi connectivity index (χ4v) is 3.72. The summed E-state index contributed by atoms with van der Waals surface area (Å²) in [5.41, 5.74) is 2.59. The third-order valence-corrected chi connectivity index (χ3v) is 5.60. The molecule has 0 radical (unpaired) electrons. The predicted molar refractivity (Wildman–Crippen MR) is 101 cm³/mol. The molecule has 128 valence electrons. The zero-order chi connectivity index (χ0) is 17.0. The first-order valence-corrected chi connectivity index (χ1v) is 8.89. The van der Waals surface area contributed by atoms with E-state index < -0.39 is 0 Å². The highest BCUT2D eigenvalue weighted by atomic mass is 16.3. The summed E-state index contributed by atoms with van der Waals surface area (Å²) in [6.45, 7) is 8.91. The zero-order valence-corrected chi connectivity index (χ0v) is 14.7. The number of anilines is 1. The van der Waals surface area contributed by atoms with Crippen LogP contribution in [0.2, 0.25) is 0 Å². The quantitative estimate of drug-likeness (QED) is 0.869. The molecular formula is C21H28N2O. The van der Waals surface area contributed by atoms with Gasteiger partial charge in [-0.25, -0.2) is 0 Å². The van der Waals surface area contributed by atoms with E-state index in [0.717, 1.165) is 32.6 Å². The number of nitrogens with one attached hydrogen (secondary N) is 1. The topological polar surface area (TPSA) is 35.5 Å².